The Morgan fingerprint density at radius 1 is 1.30 bits per heavy atom. The lowest BCUT2D eigenvalue weighted by Gasteiger charge is -2.35. The molecule has 2 aliphatic rings. The molecule has 11 nitrogen and oxygen atoms in total. The molecular formula is C26H28BrFN4O7S. The van der Waals surface area contributed by atoms with E-state index in [-0.39, 0.29) is 25.3 Å². The van der Waals surface area contributed by atoms with E-state index in [4.69, 9.17) is 19.2 Å². The number of amidine groups is 1. The second-order valence-corrected chi connectivity index (χ2v) is 11.1. The highest BCUT2D eigenvalue weighted by atomic mass is 79.9. The number of morpholine rings is 1. The third-order valence-electron chi connectivity index (χ3n) is 6.09. The van der Waals surface area contributed by atoms with Crippen molar-refractivity contribution in [3.05, 3.63) is 61.9 Å². The van der Waals surface area contributed by atoms with E-state index in [1.165, 1.54) is 36.5 Å². The predicted octanol–water partition coefficient (Wildman–Crippen LogP) is 3.06. The highest BCUT2D eigenvalue weighted by Crippen LogP contribution is 2.37. The van der Waals surface area contributed by atoms with E-state index in [0.29, 0.717) is 33.2 Å². The fourth-order valence-corrected chi connectivity index (χ4v) is 5.37. The average molecular weight is 640 g/mol. The number of aliphatic carboxylic acids is 1. The number of nitrogens with one attached hydrogen (secondary N) is 1. The third-order valence-corrected chi connectivity index (χ3v) is 7.56. The molecule has 0 spiro atoms. The SMILES string of the molecule is CC(C)OC(=O)[C@H](C)OC(=O)C1=C(CN2CCOC[C@H]2C(=O)O)NC(c2nccs2)=N[C@H]1c1ccc(F)cc1Br. The van der Waals surface area contributed by atoms with Crippen LogP contribution < -0.4 is 5.32 Å². The van der Waals surface area contributed by atoms with Crippen LogP contribution in [0.4, 0.5) is 4.39 Å². The number of esters is 2. The summed E-state index contributed by atoms with van der Waals surface area (Å²) < 4.78 is 30.5. The number of halogens is 2. The Morgan fingerprint density at radius 3 is 2.73 bits per heavy atom. The number of carbonyl (C=O) groups excluding carboxylic acids is 2. The van der Waals surface area contributed by atoms with Crippen molar-refractivity contribution in [3.63, 3.8) is 0 Å². The molecule has 0 saturated carbocycles. The fourth-order valence-electron chi connectivity index (χ4n) is 4.22. The number of carbonyl (C=O) groups is 3. The van der Waals surface area contributed by atoms with Crippen LogP contribution in [0.15, 0.2) is 50.5 Å². The Kier molecular flexibility index (Phi) is 9.66. The highest BCUT2D eigenvalue weighted by Gasteiger charge is 2.38. The molecular weight excluding hydrogens is 611 g/mol. The Labute approximate surface area is 242 Å². The Bertz CT molecular complexity index is 1330. The molecule has 0 bridgehead atoms. The van der Waals surface area contributed by atoms with E-state index in [9.17, 15) is 23.9 Å². The van der Waals surface area contributed by atoms with Gasteiger partial charge in [0.2, 0.25) is 0 Å². The average Bonchev–Trinajstić information content (AvgIpc) is 3.43. The normalized spacial score (nSPS) is 20.5. The lowest BCUT2D eigenvalue weighted by atomic mass is 9.95. The van der Waals surface area contributed by atoms with Gasteiger partial charge in [-0.2, -0.15) is 0 Å². The smallest absolute Gasteiger partial charge is 0.347 e. The summed E-state index contributed by atoms with van der Waals surface area (Å²) in [7, 11) is 0. The molecule has 0 amide bonds. The summed E-state index contributed by atoms with van der Waals surface area (Å²) in [6.07, 6.45) is -0.0483. The van der Waals surface area contributed by atoms with Crippen LogP contribution in [0.1, 0.15) is 37.4 Å². The minimum Gasteiger partial charge on any atom is -0.480 e. The molecule has 1 aromatic carbocycles. The monoisotopic (exact) mass is 638 g/mol. The van der Waals surface area contributed by atoms with Gasteiger partial charge < -0.3 is 24.6 Å². The number of aromatic nitrogens is 1. The minimum absolute atomic E-state index is 0.00467. The zero-order chi connectivity index (χ0) is 29.0. The van der Waals surface area contributed by atoms with Gasteiger partial charge in [0.25, 0.3) is 0 Å². The third kappa shape index (κ3) is 6.92. The van der Waals surface area contributed by atoms with Gasteiger partial charge in [-0.15, -0.1) is 11.3 Å². The summed E-state index contributed by atoms with van der Waals surface area (Å²) in [6, 6.07) is 2.03. The number of benzene rings is 1. The Morgan fingerprint density at radius 2 is 2.08 bits per heavy atom. The largest absolute Gasteiger partial charge is 0.480 e. The first-order valence-electron chi connectivity index (χ1n) is 12.4. The fraction of sp³-hybridized carbons (Fsp3) is 0.423. The van der Waals surface area contributed by atoms with Crippen molar-refractivity contribution >= 4 is 51.0 Å². The number of rotatable bonds is 9. The topological polar surface area (TPSA) is 140 Å². The summed E-state index contributed by atoms with van der Waals surface area (Å²) in [5.74, 6) is -2.81. The van der Waals surface area contributed by atoms with Crippen LogP contribution in [0, 0.1) is 5.82 Å². The van der Waals surface area contributed by atoms with Crippen molar-refractivity contribution in [1.82, 2.24) is 15.2 Å². The van der Waals surface area contributed by atoms with Crippen LogP contribution in [-0.4, -0.2) is 83.3 Å². The van der Waals surface area contributed by atoms with Gasteiger partial charge in [-0.05, 0) is 38.5 Å². The lowest BCUT2D eigenvalue weighted by molar-refractivity contribution is -0.167. The quantitative estimate of drug-likeness (QED) is 0.394. The van der Waals surface area contributed by atoms with Gasteiger partial charge in [-0.25, -0.2) is 19.0 Å². The zero-order valence-corrected chi connectivity index (χ0v) is 24.3. The predicted molar refractivity (Wildman–Crippen MR) is 146 cm³/mol. The second kappa shape index (κ2) is 13.0. The molecule has 40 heavy (non-hydrogen) atoms. The summed E-state index contributed by atoms with van der Waals surface area (Å²) in [6.45, 7) is 5.31. The van der Waals surface area contributed by atoms with Crippen molar-refractivity contribution in [2.24, 2.45) is 4.99 Å². The van der Waals surface area contributed by atoms with Crippen LogP contribution in [0.2, 0.25) is 0 Å². The Hall–Kier alpha value is -3.20. The Balaban J connectivity index is 1.81. The molecule has 3 heterocycles. The molecule has 2 aliphatic heterocycles. The van der Waals surface area contributed by atoms with Crippen LogP contribution in [0.25, 0.3) is 0 Å². The van der Waals surface area contributed by atoms with Crippen LogP contribution in [0.5, 0.6) is 0 Å². The van der Waals surface area contributed by atoms with Crippen LogP contribution in [-0.2, 0) is 28.6 Å². The van der Waals surface area contributed by atoms with E-state index in [0.717, 1.165) is 0 Å². The number of hydrogen-bond acceptors (Lipinski definition) is 11. The minimum atomic E-state index is -1.24. The number of carboxylic acids is 1. The van der Waals surface area contributed by atoms with Gasteiger partial charge in [0.1, 0.15) is 17.9 Å². The second-order valence-electron chi connectivity index (χ2n) is 9.33. The molecule has 1 saturated heterocycles. The van der Waals surface area contributed by atoms with Crippen molar-refractivity contribution < 1.29 is 38.1 Å². The first-order chi connectivity index (χ1) is 19.0. The molecule has 0 aliphatic carbocycles. The van der Waals surface area contributed by atoms with Crippen molar-refractivity contribution in [1.29, 1.82) is 0 Å². The van der Waals surface area contributed by atoms with E-state index < -0.39 is 48.0 Å². The van der Waals surface area contributed by atoms with Crippen LogP contribution >= 0.6 is 27.3 Å². The first kappa shape index (κ1) is 29.8. The van der Waals surface area contributed by atoms with E-state index in [1.807, 2.05) is 0 Å². The molecule has 14 heteroatoms. The van der Waals surface area contributed by atoms with Crippen molar-refractivity contribution in [3.8, 4) is 0 Å². The zero-order valence-electron chi connectivity index (χ0n) is 21.9. The summed E-state index contributed by atoms with van der Waals surface area (Å²) in [4.78, 5) is 48.9. The van der Waals surface area contributed by atoms with E-state index in [1.54, 1.807) is 30.3 Å². The maximum absolute atomic E-state index is 14.0. The van der Waals surface area contributed by atoms with E-state index >= 15 is 0 Å². The molecule has 214 valence electrons. The number of carboxylic acid groups (broad SMARTS) is 1. The number of nitrogens with zero attached hydrogens (tertiary/aromatic N) is 3. The maximum Gasteiger partial charge on any atom is 0.347 e. The van der Waals surface area contributed by atoms with Gasteiger partial charge in [-0.1, -0.05) is 22.0 Å². The number of aliphatic imine (C=N–C) groups is 1. The van der Waals surface area contributed by atoms with Gasteiger partial charge in [0, 0.05) is 34.8 Å². The first-order valence-corrected chi connectivity index (χ1v) is 14.1. The van der Waals surface area contributed by atoms with Gasteiger partial charge >= 0.3 is 17.9 Å². The molecule has 1 fully saturated rings. The molecule has 3 atom stereocenters. The molecule has 2 N–H and O–H groups in total. The van der Waals surface area contributed by atoms with Crippen molar-refractivity contribution in [2.45, 2.75) is 45.1 Å². The standard InChI is InChI=1S/C26H28BrFN4O7S/c1-13(2)38-25(35)14(3)39-26(36)20-18(11-32-7-8-37-12-19(32)24(33)34)30-22(23-29-6-9-40-23)31-21(20)16-5-4-15(28)10-17(16)27/h4-6,9-10,13-14,19,21H,7-8,11-12H2,1-3H3,(H,30,31)(H,33,34)/t14-,19-,21-/m0/s1. The van der Waals surface area contributed by atoms with Crippen LogP contribution in [0.3, 0.4) is 0 Å². The lowest BCUT2D eigenvalue weighted by Crippen LogP contribution is -2.52. The van der Waals surface area contributed by atoms with Crippen molar-refractivity contribution in [2.75, 3.05) is 26.3 Å². The molecule has 0 radical (unpaired) electrons. The summed E-state index contributed by atoms with van der Waals surface area (Å²) >= 11 is 4.69. The molecule has 0 unspecified atom stereocenters. The molecule has 2 aromatic rings. The van der Waals surface area contributed by atoms with E-state index in [2.05, 4.69) is 26.2 Å². The van der Waals surface area contributed by atoms with Gasteiger partial charge in [0.05, 0.1) is 24.9 Å². The summed E-state index contributed by atoms with van der Waals surface area (Å²) in [5, 5.41) is 15.2. The number of thiazole rings is 1. The molecule has 1 aromatic heterocycles. The number of hydrogen-bond donors (Lipinski definition) is 2. The van der Waals surface area contributed by atoms with Gasteiger partial charge in [-0.3, -0.25) is 14.7 Å². The number of ether oxygens (including phenoxy) is 3. The van der Waals surface area contributed by atoms with Gasteiger partial charge in [0.15, 0.2) is 16.9 Å². The molecule has 4 rings (SSSR count). The maximum atomic E-state index is 14.0. The summed E-state index contributed by atoms with van der Waals surface area (Å²) in [5.41, 5.74) is 0.798. The highest BCUT2D eigenvalue weighted by molar-refractivity contribution is 9.10.